The molecule has 3 nitrogen and oxygen atoms in total. The first-order chi connectivity index (χ1) is 5.22. The largest absolute Gasteiger partial charge is 0.545 e. The van der Waals surface area contributed by atoms with Gasteiger partial charge in [-0.2, -0.15) is 0 Å². The molecule has 0 aromatic heterocycles. The average molecular weight is 156 g/mol. The van der Waals surface area contributed by atoms with Crippen molar-refractivity contribution < 1.29 is 14.0 Å². The Morgan fingerprint density at radius 3 is 2.64 bits per heavy atom. The second-order valence-electron chi connectivity index (χ2n) is 2.03. The summed E-state index contributed by atoms with van der Waals surface area (Å²) in [6.07, 6.45) is 0.917. The molecule has 0 amide bonds. The van der Waals surface area contributed by atoms with Gasteiger partial charge in [0.1, 0.15) is 0 Å². The van der Waals surface area contributed by atoms with Crippen LogP contribution in [0.4, 0.5) is 0 Å². The normalized spacial score (nSPS) is 11.8. The van der Waals surface area contributed by atoms with E-state index >= 15 is 0 Å². The SMILES string of the molecule is C=COBOC(OC)C(=C)C. The Hall–Kier alpha value is -0.735. The highest BCUT2D eigenvalue weighted by atomic mass is 16.7. The van der Waals surface area contributed by atoms with Gasteiger partial charge in [0.15, 0.2) is 6.29 Å². The molecular weight excluding hydrogens is 143 g/mol. The minimum Gasteiger partial charge on any atom is -0.545 e. The summed E-state index contributed by atoms with van der Waals surface area (Å²) in [7, 11) is 1.68. The first-order valence-electron chi connectivity index (χ1n) is 3.24. The Labute approximate surface area is 67.9 Å². The van der Waals surface area contributed by atoms with Gasteiger partial charge in [0, 0.05) is 7.11 Å². The molecule has 0 aliphatic heterocycles. The van der Waals surface area contributed by atoms with Crippen molar-refractivity contribution in [3.63, 3.8) is 0 Å². The van der Waals surface area contributed by atoms with Gasteiger partial charge in [-0.1, -0.05) is 13.2 Å². The highest BCUT2D eigenvalue weighted by Crippen LogP contribution is 2.02. The van der Waals surface area contributed by atoms with Crippen LogP contribution in [-0.2, 0) is 14.0 Å². The topological polar surface area (TPSA) is 27.7 Å². The van der Waals surface area contributed by atoms with Crippen LogP contribution < -0.4 is 0 Å². The van der Waals surface area contributed by atoms with Gasteiger partial charge >= 0.3 is 7.69 Å². The first kappa shape index (κ1) is 10.3. The van der Waals surface area contributed by atoms with Gasteiger partial charge in [0.25, 0.3) is 0 Å². The van der Waals surface area contributed by atoms with E-state index in [0.29, 0.717) is 0 Å². The van der Waals surface area contributed by atoms with Crippen molar-refractivity contribution >= 4 is 7.69 Å². The maximum absolute atomic E-state index is 5.08. The summed E-state index contributed by atoms with van der Waals surface area (Å²) >= 11 is 0. The fourth-order valence-electron chi connectivity index (χ4n) is 0.561. The minimum atomic E-state index is -0.394. The van der Waals surface area contributed by atoms with Crippen molar-refractivity contribution in [1.82, 2.24) is 0 Å². The molecule has 0 aromatic rings. The highest BCUT2D eigenvalue weighted by Gasteiger charge is 2.07. The van der Waals surface area contributed by atoms with E-state index in [1.54, 1.807) is 7.11 Å². The average Bonchev–Trinajstić information content (AvgIpc) is 1.97. The summed E-state index contributed by atoms with van der Waals surface area (Å²) in [5, 5.41) is 0. The zero-order chi connectivity index (χ0) is 8.69. The number of ether oxygens (including phenoxy) is 1. The number of methoxy groups -OCH3 is 1. The van der Waals surface area contributed by atoms with Crippen LogP contribution in [0.25, 0.3) is 0 Å². The molecular formula is C7H13BO3. The molecule has 0 bridgehead atoms. The van der Waals surface area contributed by atoms with Gasteiger partial charge in [-0.15, -0.1) is 0 Å². The van der Waals surface area contributed by atoms with Crippen molar-refractivity contribution in [3.8, 4) is 0 Å². The first-order valence-corrected chi connectivity index (χ1v) is 3.24. The van der Waals surface area contributed by atoms with Crippen LogP contribution in [0.1, 0.15) is 6.92 Å². The van der Waals surface area contributed by atoms with Crippen LogP contribution in [0.2, 0.25) is 0 Å². The zero-order valence-corrected chi connectivity index (χ0v) is 7.00. The van der Waals surface area contributed by atoms with Crippen molar-refractivity contribution in [2.75, 3.05) is 7.11 Å². The van der Waals surface area contributed by atoms with Gasteiger partial charge in [-0.3, -0.25) is 0 Å². The van der Waals surface area contributed by atoms with Crippen LogP contribution >= 0.6 is 0 Å². The smallest absolute Gasteiger partial charge is 0.508 e. The molecule has 0 saturated heterocycles. The Morgan fingerprint density at radius 2 is 2.27 bits per heavy atom. The molecule has 0 fully saturated rings. The van der Waals surface area contributed by atoms with E-state index in [-0.39, 0.29) is 7.69 Å². The molecule has 11 heavy (non-hydrogen) atoms. The lowest BCUT2D eigenvalue weighted by molar-refractivity contribution is -0.0315. The Bertz CT molecular complexity index is 136. The fraction of sp³-hybridized carbons (Fsp3) is 0.429. The standard InChI is InChI=1S/C7H13BO3/c1-5-10-8-11-7(9-4)6(2)3/h5,7-8H,1-2H2,3-4H3. The summed E-state index contributed by atoms with van der Waals surface area (Å²) in [6.45, 7) is 8.86. The fourth-order valence-corrected chi connectivity index (χ4v) is 0.561. The summed E-state index contributed by atoms with van der Waals surface area (Å²) in [5.74, 6) is 0. The monoisotopic (exact) mass is 156 g/mol. The maximum Gasteiger partial charge on any atom is 0.508 e. The molecule has 0 aliphatic rings. The van der Waals surface area contributed by atoms with E-state index in [1.807, 2.05) is 6.92 Å². The number of rotatable bonds is 6. The molecule has 0 radical (unpaired) electrons. The summed E-state index contributed by atoms with van der Waals surface area (Å²) in [4.78, 5) is 0. The molecule has 0 rings (SSSR count). The van der Waals surface area contributed by atoms with E-state index in [2.05, 4.69) is 13.2 Å². The van der Waals surface area contributed by atoms with Gasteiger partial charge in [0.2, 0.25) is 0 Å². The lowest BCUT2D eigenvalue weighted by Crippen LogP contribution is -2.19. The second kappa shape index (κ2) is 6.01. The van der Waals surface area contributed by atoms with E-state index < -0.39 is 6.29 Å². The molecule has 0 heterocycles. The zero-order valence-electron chi connectivity index (χ0n) is 7.00. The second-order valence-corrected chi connectivity index (χ2v) is 2.03. The van der Waals surface area contributed by atoms with Crippen LogP contribution in [0.5, 0.6) is 0 Å². The molecule has 1 unspecified atom stereocenters. The van der Waals surface area contributed by atoms with Gasteiger partial charge in [0.05, 0.1) is 6.26 Å². The summed E-state index contributed by atoms with van der Waals surface area (Å²) in [6, 6.07) is 0. The van der Waals surface area contributed by atoms with Gasteiger partial charge < -0.3 is 14.0 Å². The van der Waals surface area contributed by atoms with Gasteiger partial charge in [-0.05, 0) is 12.5 Å². The quantitative estimate of drug-likeness (QED) is 0.188. The van der Waals surface area contributed by atoms with Crippen LogP contribution in [0, 0.1) is 0 Å². The Morgan fingerprint density at radius 1 is 1.64 bits per heavy atom. The van der Waals surface area contributed by atoms with Crippen LogP contribution in [-0.4, -0.2) is 21.1 Å². The van der Waals surface area contributed by atoms with Crippen molar-refractivity contribution in [1.29, 1.82) is 0 Å². The Balaban J connectivity index is 3.52. The van der Waals surface area contributed by atoms with E-state index in [4.69, 9.17) is 14.0 Å². The minimum absolute atomic E-state index is 0.134. The third-order valence-corrected chi connectivity index (χ3v) is 1.02. The molecule has 62 valence electrons. The molecule has 1 atom stereocenters. The lowest BCUT2D eigenvalue weighted by Gasteiger charge is -2.14. The molecule has 0 aliphatic carbocycles. The molecule has 4 heteroatoms. The third kappa shape index (κ3) is 4.64. The highest BCUT2D eigenvalue weighted by molar-refractivity contribution is 6.18. The lowest BCUT2D eigenvalue weighted by atomic mass is 10.3. The Kier molecular flexibility index (Phi) is 5.60. The predicted molar refractivity (Wildman–Crippen MR) is 45.1 cm³/mol. The van der Waals surface area contributed by atoms with Gasteiger partial charge in [-0.25, -0.2) is 0 Å². The van der Waals surface area contributed by atoms with E-state index in [9.17, 15) is 0 Å². The van der Waals surface area contributed by atoms with Crippen LogP contribution in [0.15, 0.2) is 25.0 Å². The van der Waals surface area contributed by atoms with E-state index in [0.717, 1.165) is 5.57 Å². The maximum atomic E-state index is 5.08. The van der Waals surface area contributed by atoms with E-state index in [1.165, 1.54) is 6.26 Å². The number of hydrogen-bond donors (Lipinski definition) is 0. The van der Waals surface area contributed by atoms with Crippen LogP contribution in [0.3, 0.4) is 0 Å². The molecule has 0 aromatic carbocycles. The molecule has 0 N–H and O–H groups in total. The molecule has 0 saturated carbocycles. The predicted octanol–water partition coefficient (Wildman–Crippen LogP) is 0.978. The van der Waals surface area contributed by atoms with Crippen molar-refractivity contribution in [2.24, 2.45) is 0 Å². The number of hydrogen-bond acceptors (Lipinski definition) is 3. The summed E-state index contributed by atoms with van der Waals surface area (Å²) < 4.78 is 14.7. The third-order valence-electron chi connectivity index (χ3n) is 1.02. The van der Waals surface area contributed by atoms with Crippen molar-refractivity contribution in [3.05, 3.63) is 25.0 Å². The van der Waals surface area contributed by atoms with Crippen molar-refractivity contribution in [2.45, 2.75) is 13.2 Å². The summed E-state index contributed by atoms with van der Waals surface area (Å²) in [5.41, 5.74) is 0.806. The molecule has 0 spiro atoms.